The average molecular weight is 279 g/mol. The highest BCUT2D eigenvalue weighted by Crippen LogP contribution is 2.22. The highest BCUT2D eigenvalue weighted by molar-refractivity contribution is 7.99. The lowest BCUT2D eigenvalue weighted by atomic mass is 9.95. The van der Waals surface area contributed by atoms with Gasteiger partial charge in [-0.2, -0.15) is 0 Å². The number of hydrogen-bond acceptors (Lipinski definition) is 4. The van der Waals surface area contributed by atoms with Crippen LogP contribution in [-0.2, 0) is 0 Å². The van der Waals surface area contributed by atoms with E-state index in [-0.39, 0.29) is 0 Å². The van der Waals surface area contributed by atoms with Gasteiger partial charge in [0, 0.05) is 12.3 Å². The van der Waals surface area contributed by atoms with Crippen molar-refractivity contribution in [2.45, 2.75) is 36.9 Å². The molecule has 104 valence electrons. The van der Waals surface area contributed by atoms with E-state index in [1.807, 2.05) is 31.2 Å². The molecule has 5 heteroatoms. The Morgan fingerprint density at radius 1 is 1.42 bits per heavy atom. The summed E-state index contributed by atoms with van der Waals surface area (Å²) in [7, 11) is 0. The quantitative estimate of drug-likeness (QED) is 0.538. The van der Waals surface area contributed by atoms with Crippen molar-refractivity contribution in [2.75, 3.05) is 12.3 Å². The molecule has 1 aromatic heterocycles. The number of H-pyrrole nitrogens is 1. The standard InChI is InChI=1S/C14H21N3OS/c1-2-14(18,10-15)8-5-9-19-13-16-11-6-3-4-7-12(11)17-13/h3-4,6-7,18H,2,5,8-10,15H2,1H3,(H,16,17). The van der Waals surface area contributed by atoms with E-state index < -0.39 is 5.60 Å². The summed E-state index contributed by atoms with van der Waals surface area (Å²) in [5.41, 5.74) is 6.95. The van der Waals surface area contributed by atoms with Gasteiger partial charge in [0.1, 0.15) is 0 Å². The fourth-order valence-electron chi connectivity index (χ4n) is 1.99. The van der Waals surface area contributed by atoms with Crippen molar-refractivity contribution in [2.24, 2.45) is 5.73 Å². The van der Waals surface area contributed by atoms with Crippen LogP contribution in [0.25, 0.3) is 11.0 Å². The fraction of sp³-hybridized carbons (Fsp3) is 0.500. The Kier molecular flexibility index (Phi) is 4.85. The Morgan fingerprint density at radius 3 is 2.89 bits per heavy atom. The number of fused-ring (bicyclic) bond motifs is 1. The summed E-state index contributed by atoms with van der Waals surface area (Å²) in [4.78, 5) is 7.79. The molecule has 19 heavy (non-hydrogen) atoms. The number of nitrogens with one attached hydrogen (secondary N) is 1. The second kappa shape index (κ2) is 6.41. The molecule has 4 N–H and O–H groups in total. The van der Waals surface area contributed by atoms with E-state index in [4.69, 9.17) is 5.73 Å². The first-order chi connectivity index (χ1) is 9.17. The second-order valence-electron chi connectivity index (χ2n) is 4.79. The first-order valence-electron chi connectivity index (χ1n) is 6.67. The third kappa shape index (κ3) is 3.72. The van der Waals surface area contributed by atoms with Gasteiger partial charge in [0.2, 0.25) is 0 Å². The summed E-state index contributed by atoms with van der Waals surface area (Å²) < 4.78 is 0. The third-order valence-electron chi connectivity index (χ3n) is 3.43. The molecule has 0 saturated heterocycles. The molecule has 4 nitrogen and oxygen atoms in total. The number of nitrogens with zero attached hydrogens (tertiary/aromatic N) is 1. The number of hydrogen-bond donors (Lipinski definition) is 3. The molecule has 2 rings (SSSR count). The topological polar surface area (TPSA) is 74.9 Å². The smallest absolute Gasteiger partial charge is 0.166 e. The number of benzene rings is 1. The molecule has 1 atom stereocenters. The Labute approximate surface area is 117 Å². The third-order valence-corrected chi connectivity index (χ3v) is 4.39. The largest absolute Gasteiger partial charge is 0.389 e. The molecular weight excluding hydrogens is 258 g/mol. The maximum atomic E-state index is 10.1. The van der Waals surface area contributed by atoms with Crippen molar-refractivity contribution in [1.82, 2.24) is 9.97 Å². The number of aliphatic hydroxyl groups is 1. The SMILES string of the molecule is CCC(O)(CN)CCCSc1nc2ccccc2[nH]1. The molecule has 0 saturated carbocycles. The summed E-state index contributed by atoms with van der Waals surface area (Å²) in [6.07, 6.45) is 2.38. The Bertz CT molecular complexity index is 489. The normalized spacial score (nSPS) is 14.7. The van der Waals surface area contributed by atoms with Gasteiger partial charge in [0.25, 0.3) is 0 Å². The van der Waals surface area contributed by atoms with Gasteiger partial charge in [-0.3, -0.25) is 0 Å². The summed E-state index contributed by atoms with van der Waals surface area (Å²) >= 11 is 1.69. The second-order valence-corrected chi connectivity index (χ2v) is 5.88. The maximum absolute atomic E-state index is 10.1. The van der Waals surface area contributed by atoms with E-state index in [1.54, 1.807) is 11.8 Å². The van der Waals surface area contributed by atoms with Gasteiger partial charge in [-0.25, -0.2) is 4.98 Å². The van der Waals surface area contributed by atoms with Crippen LogP contribution in [0.3, 0.4) is 0 Å². The molecule has 0 aliphatic rings. The molecule has 0 bridgehead atoms. The first kappa shape index (κ1) is 14.4. The first-order valence-corrected chi connectivity index (χ1v) is 7.65. The number of para-hydroxylation sites is 2. The molecule has 0 amide bonds. The van der Waals surface area contributed by atoms with Gasteiger partial charge in [0.15, 0.2) is 5.16 Å². The molecule has 0 fully saturated rings. The predicted molar refractivity (Wildman–Crippen MR) is 80.3 cm³/mol. The van der Waals surface area contributed by atoms with Crippen molar-refractivity contribution < 1.29 is 5.11 Å². The van der Waals surface area contributed by atoms with Crippen LogP contribution in [0.2, 0.25) is 0 Å². The molecule has 0 radical (unpaired) electrons. The number of rotatable bonds is 7. The van der Waals surface area contributed by atoms with Gasteiger partial charge in [-0.1, -0.05) is 30.8 Å². The number of imidazole rings is 1. The molecule has 1 unspecified atom stereocenters. The minimum atomic E-state index is -0.700. The number of aromatic nitrogens is 2. The Morgan fingerprint density at radius 2 is 2.21 bits per heavy atom. The van der Waals surface area contributed by atoms with Gasteiger partial charge in [-0.05, 0) is 31.4 Å². The van der Waals surface area contributed by atoms with Gasteiger partial charge < -0.3 is 15.8 Å². The van der Waals surface area contributed by atoms with E-state index in [0.29, 0.717) is 13.0 Å². The number of aromatic amines is 1. The van der Waals surface area contributed by atoms with E-state index in [0.717, 1.165) is 34.8 Å². The lowest BCUT2D eigenvalue weighted by molar-refractivity contribution is 0.0360. The number of nitrogens with two attached hydrogens (primary N) is 1. The van der Waals surface area contributed by atoms with Crippen LogP contribution in [0.4, 0.5) is 0 Å². The highest BCUT2D eigenvalue weighted by atomic mass is 32.2. The monoisotopic (exact) mass is 279 g/mol. The fourth-order valence-corrected chi connectivity index (χ4v) is 2.82. The molecule has 1 aromatic carbocycles. The van der Waals surface area contributed by atoms with Crippen molar-refractivity contribution in [3.8, 4) is 0 Å². The molecule has 0 aliphatic carbocycles. The van der Waals surface area contributed by atoms with Crippen molar-refractivity contribution in [1.29, 1.82) is 0 Å². The van der Waals surface area contributed by atoms with E-state index in [2.05, 4.69) is 9.97 Å². The van der Waals surface area contributed by atoms with Crippen LogP contribution >= 0.6 is 11.8 Å². The summed E-state index contributed by atoms with van der Waals surface area (Å²) in [6.45, 7) is 2.30. The molecule has 1 heterocycles. The van der Waals surface area contributed by atoms with Gasteiger partial charge in [-0.15, -0.1) is 0 Å². The zero-order valence-electron chi connectivity index (χ0n) is 11.2. The molecule has 0 aliphatic heterocycles. The minimum absolute atomic E-state index is 0.332. The summed E-state index contributed by atoms with van der Waals surface area (Å²) in [5.74, 6) is 0.933. The van der Waals surface area contributed by atoms with E-state index in [9.17, 15) is 5.11 Å². The summed E-state index contributed by atoms with van der Waals surface area (Å²) in [6, 6.07) is 8.01. The van der Waals surface area contributed by atoms with Crippen molar-refractivity contribution in [3.63, 3.8) is 0 Å². The van der Waals surface area contributed by atoms with Crippen molar-refractivity contribution >= 4 is 22.8 Å². The predicted octanol–water partition coefficient (Wildman–Crippen LogP) is 2.54. The van der Waals surface area contributed by atoms with Crippen LogP contribution in [0.5, 0.6) is 0 Å². The average Bonchev–Trinajstić information content (AvgIpc) is 2.86. The highest BCUT2D eigenvalue weighted by Gasteiger charge is 2.21. The van der Waals surface area contributed by atoms with Gasteiger partial charge >= 0.3 is 0 Å². The zero-order chi connectivity index (χ0) is 13.7. The minimum Gasteiger partial charge on any atom is -0.389 e. The lowest BCUT2D eigenvalue weighted by Gasteiger charge is -2.24. The lowest BCUT2D eigenvalue weighted by Crippen LogP contribution is -2.36. The van der Waals surface area contributed by atoms with Crippen LogP contribution in [-0.4, -0.2) is 33.0 Å². The molecular formula is C14H21N3OS. The summed E-state index contributed by atoms with van der Waals surface area (Å²) in [5, 5.41) is 11.0. The van der Waals surface area contributed by atoms with E-state index >= 15 is 0 Å². The van der Waals surface area contributed by atoms with E-state index in [1.165, 1.54) is 0 Å². The van der Waals surface area contributed by atoms with Crippen LogP contribution in [0.1, 0.15) is 26.2 Å². The zero-order valence-corrected chi connectivity index (χ0v) is 12.0. The number of thioether (sulfide) groups is 1. The van der Waals surface area contributed by atoms with Crippen LogP contribution < -0.4 is 5.73 Å². The van der Waals surface area contributed by atoms with Crippen LogP contribution in [0, 0.1) is 0 Å². The Balaban J connectivity index is 1.83. The molecule has 0 spiro atoms. The Hall–Kier alpha value is -1.04. The maximum Gasteiger partial charge on any atom is 0.166 e. The van der Waals surface area contributed by atoms with Crippen molar-refractivity contribution in [3.05, 3.63) is 24.3 Å². The van der Waals surface area contributed by atoms with Gasteiger partial charge in [0.05, 0.1) is 16.6 Å². The van der Waals surface area contributed by atoms with Crippen LogP contribution in [0.15, 0.2) is 29.4 Å². The molecule has 2 aromatic rings.